The van der Waals surface area contributed by atoms with Crippen LogP contribution in [0.5, 0.6) is 5.75 Å². The Hall–Kier alpha value is -3.35. The molecule has 2 aromatic rings. The molecule has 0 bridgehead atoms. The Morgan fingerprint density at radius 3 is 2.65 bits per heavy atom. The summed E-state index contributed by atoms with van der Waals surface area (Å²) in [5.74, 6) is -1.15. The maximum atomic E-state index is 12.6. The van der Waals surface area contributed by atoms with E-state index in [2.05, 4.69) is 5.32 Å². The highest BCUT2D eigenvalue weighted by atomic mass is 16.5. The van der Waals surface area contributed by atoms with Crippen LogP contribution in [0.15, 0.2) is 52.8 Å². The smallest absolute Gasteiger partial charge is 0.336 e. The minimum Gasteiger partial charge on any atom is -0.495 e. The van der Waals surface area contributed by atoms with Crippen LogP contribution >= 0.6 is 0 Å². The SMILES string of the molecule is COc1ccccc1N1C(=O)NC(=O)/C(=C/c2ccoc2)C1=O. The minimum atomic E-state index is -0.825. The maximum Gasteiger partial charge on any atom is 0.336 e. The van der Waals surface area contributed by atoms with Gasteiger partial charge < -0.3 is 9.15 Å². The molecule has 1 fully saturated rings. The molecule has 0 saturated carbocycles. The Morgan fingerprint density at radius 2 is 1.96 bits per heavy atom. The summed E-state index contributed by atoms with van der Waals surface area (Å²) in [5.41, 5.74) is 0.623. The number of hydrogen-bond donors (Lipinski definition) is 1. The summed E-state index contributed by atoms with van der Waals surface area (Å²) in [6, 6.07) is 7.31. The number of methoxy groups -OCH3 is 1. The first-order valence-corrected chi connectivity index (χ1v) is 6.68. The maximum absolute atomic E-state index is 12.6. The van der Waals surface area contributed by atoms with E-state index in [1.165, 1.54) is 25.7 Å². The summed E-state index contributed by atoms with van der Waals surface area (Å²) in [7, 11) is 1.43. The average Bonchev–Trinajstić information content (AvgIpc) is 3.05. The molecular formula is C16H12N2O5. The third-order valence-corrected chi connectivity index (χ3v) is 3.28. The van der Waals surface area contributed by atoms with Crippen molar-refractivity contribution >= 4 is 29.6 Å². The molecule has 1 N–H and O–H groups in total. The number of carbonyl (C=O) groups excluding carboxylic acids is 3. The number of carbonyl (C=O) groups is 3. The van der Waals surface area contributed by atoms with E-state index in [-0.39, 0.29) is 11.3 Å². The predicted octanol–water partition coefficient (Wildman–Crippen LogP) is 1.95. The number of imide groups is 2. The van der Waals surface area contributed by atoms with E-state index in [0.29, 0.717) is 11.3 Å². The Kier molecular flexibility index (Phi) is 3.68. The second kappa shape index (κ2) is 5.80. The molecule has 0 atom stereocenters. The van der Waals surface area contributed by atoms with Gasteiger partial charge in [-0.25, -0.2) is 9.69 Å². The number of amides is 4. The minimum absolute atomic E-state index is 0.170. The molecule has 0 aliphatic carbocycles. The van der Waals surface area contributed by atoms with Crippen LogP contribution < -0.4 is 15.0 Å². The second-order valence-electron chi connectivity index (χ2n) is 4.69. The lowest BCUT2D eigenvalue weighted by molar-refractivity contribution is -0.122. The van der Waals surface area contributed by atoms with E-state index in [9.17, 15) is 14.4 Å². The Morgan fingerprint density at radius 1 is 1.17 bits per heavy atom. The van der Waals surface area contributed by atoms with Gasteiger partial charge in [-0.1, -0.05) is 12.1 Å². The first-order chi connectivity index (χ1) is 11.1. The van der Waals surface area contributed by atoms with Crippen LogP contribution in [0.4, 0.5) is 10.5 Å². The zero-order chi connectivity index (χ0) is 16.4. The first kappa shape index (κ1) is 14.6. The fourth-order valence-electron chi connectivity index (χ4n) is 2.21. The zero-order valence-electron chi connectivity index (χ0n) is 12.1. The van der Waals surface area contributed by atoms with Crippen molar-refractivity contribution in [3.8, 4) is 5.75 Å². The first-order valence-electron chi connectivity index (χ1n) is 6.68. The quantitative estimate of drug-likeness (QED) is 0.691. The van der Waals surface area contributed by atoms with Crippen molar-refractivity contribution in [3.05, 3.63) is 54.0 Å². The Balaban J connectivity index is 2.05. The van der Waals surface area contributed by atoms with Crippen molar-refractivity contribution in [1.29, 1.82) is 0 Å². The second-order valence-corrected chi connectivity index (χ2v) is 4.69. The van der Waals surface area contributed by atoms with Crippen LogP contribution in [0, 0.1) is 0 Å². The van der Waals surface area contributed by atoms with E-state index < -0.39 is 17.8 Å². The monoisotopic (exact) mass is 312 g/mol. The van der Waals surface area contributed by atoms with Gasteiger partial charge in [0.25, 0.3) is 11.8 Å². The molecule has 1 aromatic heterocycles. The molecule has 0 spiro atoms. The molecule has 1 saturated heterocycles. The summed E-state index contributed by atoms with van der Waals surface area (Å²) in [6.07, 6.45) is 4.16. The number of benzene rings is 1. The van der Waals surface area contributed by atoms with Crippen LogP contribution in [0.1, 0.15) is 5.56 Å². The van der Waals surface area contributed by atoms with E-state index in [1.807, 2.05) is 0 Å². The highest BCUT2D eigenvalue weighted by Gasteiger charge is 2.38. The lowest BCUT2D eigenvalue weighted by Crippen LogP contribution is -2.54. The number of anilines is 1. The number of urea groups is 1. The van der Waals surface area contributed by atoms with Crippen LogP contribution in [0.2, 0.25) is 0 Å². The van der Waals surface area contributed by atoms with Gasteiger partial charge in [0.1, 0.15) is 11.3 Å². The fraction of sp³-hybridized carbons (Fsp3) is 0.0625. The predicted molar refractivity (Wildman–Crippen MR) is 80.7 cm³/mol. The summed E-state index contributed by atoms with van der Waals surface area (Å²) >= 11 is 0. The largest absolute Gasteiger partial charge is 0.495 e. The number of hydrogen-bond acceptors (Lipinski definition) is 5. The van der Waals surface area contributed by atoms with Gasteiger partial charge in [-0.15, -0.1) is 0 Å². The standard InChI is InChI=1S/C16H12N2O5/c1-22-13-5-3-2-4-12(13)18-15(20)11(14(19)17-16(18)21)8-10-6-7-23-9-10/h2-9H,1H3,(H,17,19,21)/b11-8-. The number of nitrogens with one attached hydrogen (secondary N) is 1. The highest BCUT2D eigenvalue weighted by Crippen LogP contribution is 2.30. The summed E-state index contributed by atoms with van der Waals surface area (Å²) in [6.45, 7) is 0. The lowest BCUT2D eigenvalue weighted by atomic mass is 10.1. The molecule has 3 rings (SSSR count). The molecule has 116 valence electrons. The number of ether oxygens (including phenoxy) is 1. The molecule has 4 amide bonds. The molecule has 7 heteroatoms. The van der Waals surface area contributed by atoms with Crippen LogP contribution in [0.25, 0.3) is 6.08 Å². The van der Waals surface area contributed by atoms with E-state index in [0.717, 1.165) is 4.90 Å². The van der Waals surface area contributed by atoms with Crippen molar-refractivity contribution in [1.82, 2.24) is 5.32 Å². The molecule has 23 heavy (non-hydrogen) atoms. The lowest BCUT2D eigenvalue weighted by Gasteiger charge is -2.27. The summed E-state index contributed by atoms with van der Waals surface area (Å²) < 4.78 is 10.1. The van der Waals surface area contributed by atoms with Crippen molar-refractivity contribution in [3.63, 3.8) is 0 Å². The van der Waals surface area contributed by atoms with Crippen LogP contribution in [-0.2, 0) is 9.59 Å². The number of para-hydroxylation sites is 2. The van der Waals surface area contributed by atoms with Crippen LogP contribution in [-0.4, -0.2) is 25.0 Å². The molecule has 1 aromatic carbocycles. The van der Waals surface area contributed by atoms with E-state index >= 15 is 0 Å². The fourth-order valence-corrected chi connectivity index (χ4v) is 2.21. The van der Waals surface area contributed by atoms with Gasteiger partial charge in [-0.05, 0) is 24.3 Å². The molecule has 7 nitrogen and oxygen atoms in total. The molecule has 2 heterocycles. The molecule has 1 aliphatic heterocycles. The number of nitrogens with zero attached hydrogens (tertiary/aromatic N) is 1. The number of rotatable bonds is 3. The highest BCUT2D eigenvalue weighted by molar-refractivity contribution is 6.39. The van der Waals surface area contributed by atoms with Crippen molar-refractivity contribution in [2.75, 3.05) is 12.0 Å². The van der Waals surface area contributed by atoms with Gasteiger partial charge in [-0.2, -0.15) is 0 Å². The normalized spacial score (nSPS) is 16.7. The Bertz CT molecular complexity index is 808. The van der Waals surface area contributed by atoms with Gasteiger partial charge in [0.2, 0.25) is 0 Å². The van der Waals surface area contributed by atoms with Gasteiger partial charge in [0.15, 0.2) is 0 Å². The molecular weight excluding hydrogens is 300 g/mol. The third kappa shape index (κ3) is 2.59. The summed E-state index contributed by atoms with van der Waals surface area (Å²) in [5, 5.41) is 2.14. The van der Waals surface area contributed by atoms with Gasteiger partial charge in [0, 0.05) is 5.56 Å². The molecule has 0 unspecified atom stereocenters. The topological polar surface area (TPSA) is 88.8 Å². The van der Waals surface area contributed by atoms with Crippen molar-refractivity contribution in [2.24, 2.45) is 0 Å². The summed E-state index contributed by atoms with van der Waals surface area (Å²) in [4.78, 5) is 37.6. The average molecular weight is 312 g/mol. The van der Waals surface area contributed by atoms with Crippen LogP contribution in [0.3, 0.4) is 0 Å². The van der Waals surface area contributed by atoms with Crippen molar-refractivity contribution < 1.29 is 23.5 Å². The van der Waals surface area contributed by atoms with Crippen molar-refractivity contribution in [2.45, 2.75) is 0 Å². The molecule has 0 radical (unpaired) electrons. The van der Waals surface area contributed by atoms with Gasteiger partial charge in [0.05, 0.1) is 25.3 Å². The van der Waals surface area contributed by atoms with Gasteiger partial charge >= 0.3 is 6.03 Å². The number of furan rings is 1. The zero-order valence-corrected chi connectivity index (χ0v) is 12.1. The van der Waals surface area contributed by atoms with E-state index in [4.69, 9.17) is 9.15 Å². The molecule has 1 aliphatic rings. The van der Waals surface area contributed by atoms with Gasteiger partial charge in [-0.3, -0.25) is 14.9 Å². The Labute approximate surface area is 131 Å². The third-order valence-electron chi connectivity index (χ3n) is 3.28. The number of barbiturate groups is 1. The van der Waals surface area contributed by atoms with E-state index in [1.54, 1.807) is 30.3 Å².